The number of nitrogens with zero attached hydrogens (tertiary/aromatic N) is 2. The average Bonchev–Trinajstić information content (AvgIpc) is 2.26. The summed E-state index contributed by atoms with van der Waals surface area (Å²) in [6, 6.07) is 1.01. The molecule has 82 valence electrons. The van der Waals surface area contributed by atoms with Crippen molar-refractivity contribution >= 4 is 12.4 Å². The van der Waals surface area contributed by atoms with Crippen LogP contribution in [0.5, 0.6) is 0 Å². The fraction of sp³-hybridized carbons (Fsp3) is 0.636. The number of aliphatic imine (C=N–C) groups is 2. The minimum absolute atomic E-state index is 0.429. The molecule has 0 amide bonds. The van der Waals surface area contributed by atoms with Crippen LogP contribution in [0.4, 0.5) is 0 Å². The maximum atomic E-state index is 4.22. The van der Waals surface area contributed by atoms with Crippen molar-refractivity contribution in [3.8, 4) is 0 Å². The molecule has 0 aromatic rings. The van der Waals surface area contributed by atoms with E-state index < -0.39 is 0 Å². The van der Waals surface area contributed by atoms with Crippen molar-refractivity contribution in [1.29, 1.82) is 0 Å². The van der Waals surface area contributed by atoms with Crippen LogP contribution in [0, 0.1) is 0 Å². The van der Waals surface area contributed by atoms with Gasteiger partial charge in [-0.15, -0.1) is 0 Å². The van der Waals surface area contributed by atoms with E-state index in [4.69, 9.17) is 0 Å². The van der Waals surface area contributed by atoms with Crippen molar-refractivity contribution in [2.75, 3.05) is 13.1 Å². The molecule has 2 rings (SSSR count). The van der Waals surface area contributed by atoms with Gasteiger partial charge >= 0.3 is 0 Å². The second-order valence-corrected chi connectivity index (χ2v) is 3.99. The maximum absolute atomic E-state index is 4.22. The summed E-state index contributed by atoms with van der Waals surface area (Å²) in [5.41, 5.74) is 0. The molecular weight excluding hydrogens is 188 g/mol. The number of nitrogens with one attached hydrogen (secondary N) is 2. The van der Waals surface area contributed by atoms with Crippen LogP contribution in [0.3, 0.4) is 0 Å². The van der Waals surface area contributed by atoms with Crippen LogP contribution in [0.1, 0.15) is 19.3 Å². The molecule has 2 heterocycles. The molecule has 2 atom stereocenters. The van der Waals surface area contributed by atoms with Gasteiger partial charge in [-0.25, -0.2) is 0 Å². The summed E-state index contributed by atoms with van der Waals surface area (Å²) < 4.78 is 0. The van der Waals surface area contributed by atoms with Crippen molar-refractivity contribution in [3.05, 3.63) is 12.4 Å². The van der Waals surface area contributed by atoms with E-state index in [1.807, 2.05) is 12.4 Å². The van der Waals surface area contributed by atoms with E-state index in [1.165, 1.54) is 19.3 Å². The maximum Gasteiger partial charge on any atom is 0.0447 e. The van der Waals surface area contributed by atoms with Crippen LogP contribution in [-0.2, 0) is 0 Å². The van der Waals surface area contributed by atoms with Gasteiger partial charge in [0.2, 0.25) is 0 Å². The smallest absolute Gasteiger partial charge is 0.0447 e. The van der Waals surface area contributed by atoms with E-state index in [0.29, 0.717) is 12.1 Å². The van der Waals surface area contributed by atoms with Gasteiger partial charge in [-0.1, -0.05) is 0 Å². The molecule has 0 aromatic heterocycles. The first kappa shape index (κ1) is 10.5. The van der Waals surface area contributed by atoms with Gasteiger partial charge in [0, 0.05) is 50.0 Å². The standard InChI is InChI=1S/C11H18N4/c1-2-10-8-13-6-4-12-5-7-14-9-11(3-1)15-10/h4-6,8,10-11,14-15H,1-3,7,9H2/b6-4-,12-5+,13-8+. The summed E-state index contributed by atoms with van der Waals surface area (Å²) >= 11 is 0. The zero-order valence-electron chi connectivity index (χ0n) is 8.89. The van der Waals surface area contributed by atoms with Gasteiger partial charge in [-0.3, -0.25) is 9.98 Å². The third-order valence-electron chi connectivity index (χ3n) is 2.75. The molecule has 2 aliphatic rings. The van der Waals surface area contributed by atoms with Gasteiger partial charge in [0.15, 0.2) is 0 Å². The first-order valence-corrected chi connectivity index (χ1v) is 5.62. The molecule has 0 spiro atoms. The predicted molar refractivity (Wildman–Crippen MR) is 63.6 cm³/mol. The largest absolute Gasteiger partial charge is 0.310 e. The molecule has 1 saturated heterocycles. The molecule has 15 heavy (non-hydrogen) atoms. The molecule has 2 aliphatic heterocycles. The highest BCUT2D eigenvalue weighted by molar-refractivity contribution is 5.65. The Hall–Kier alpha value is -1.00. The van der Waals surface area contributed by atoms with E-state index in [0.717, 1.165) is 13.1 Å². The minimum Gasteiger partial charge on any atom is -0.310 e. The zero-order chi connectivity index (χ0) is 10.3. The van der Waals surface area contributed by atoms with Crippen LogP contribution in [0.15, 0.2) is 22.4 Å². The lowest BCUT2D eigenvalue weighted by Crippen LogP contribution is -2.48. The minimum atomic E-state index is 0.429. The van der Waals surface area contributed by atoms with Gasteiger partial charge in [0.05, 0.1) is 0 Å². The molecule has 0 radical (unpaired) electrons. The SMILES string of the molecule is C1=C\N=C\C2CCCC(CNC/C=N/1)N2. The summed E-state index contributed by atoms with van der Waals surface area (Å²) in [6.07, 6.45) is 11.0. The number of rotatable bonds is 0. The second-order valence-electron chi connectivity index (χ2n) is 3.99. The summed E-state index contributed by atoms with van der Waals surface area (Å²) in [6.45, 7) is 1.84. The fourth-order valence-electron chi connectivity index (χ4n) is 2.00. The lowest BCUT2D eigenvalue weighted by molar-refractivity contribution is 0.361. The first-order chi connectivity index (χ1) is 7.45. The lowest BCUT2D eigenvalue weighted by Gasteiger charge is -2.29. The van der Waals surface area contributed by atoms with Gasteiger partial charge < -0.3 is 10.6 Å². The van der Waals surface area contributed by atoms with Gasteiger partial charge in [-0.05, 0) is 19.3 Å². The third kappa shape index (κ3) is 3.57. The summed E-state index contributed by atoms with van der Waals surface area (Å²) in [5.74, 6) is 0. The predicted octanol–water partition coefficient (Wildman–Crippen LogP) is 0.713. The first-order valence-electron chi connectivity index (χ1n) is 5.62. The quantitative estimate of drug-likeness (QED) is 0.613. The Balaban J connectivity index is 1.99. The van der Waals surface area contributed by atoms with E-state index in [1.54, 1.807) is 12.4 Å². The van der Waals surface area contributed by atoms with Crippen molar-refractivity contribution in [1.82, 2.24) is 10.6 Å². The van der Waals surface area contributed by atoms with Gasteiger partial charge in [0.25, 0.3) is 0 Å². The summed E-state index contributed by atoms with van der Waals surface area (Å²) in [5, 5.41) is 6.95. The molecule has 2 N–H and O–H groups in total. The third-order valence-corrected chi connectivity index (χ3v) is 2.75. The van der Waals surface area contributed by atoms with Crippen molar-refractivity contribution < 1.29 is 0 Å². The Bertz CT molecular complexity index is 270. The van der Waals surface area contributed by atoms with Crippen LogP contribution in [-0.4, -0.2) is 37.6 Å². The normalized spacial score (nSPS) is 38.4. The van der Waals surface area contributed by atoms with Crippen LogP contribution < -0.4 is 10.6 Å². The summed E-state index contributed by atoms with van der Waals surface area (Å²) in [4.78, 5) is 8.32. The molecule has 0 saturated carbocycles. The Kier molecular flexibility index (Phi) is 4.05. The lowest BCUT2D eigenvalue weighted by atomic mass is 9.99. The monoisotopic (exact) mass is 206 g/mol. The molecule has 4 heteroatoms. The Labute approximate surface area is 90.6 Å². The van der Waals surface area contributed by atoms with Gasteiger partial charge in [0.1, 0.15) is 0 Å². The highest BCUT2D eigenvalue weighted by Crippen LogP contribution is 2.11. The van der Waals surface area contributed by atoms with Gasteiger partial charge in [-0.2, -0.15) is 0 Å². The van der Waals surface area contributed by atoms with E-state index in [2.05, 4.69) is 20.6 Å². The molecule has 4 nitrogen and oxygen atoms in total. The van der Waals surface area contributed by atoms with Crippen molar-refractivity contribution in [2.24, 2.45) is 9.98 Å². The number of hydrogen-bond donors (Lipinski definition) is 2. The molecule has 2 unspecified atom stereocenters. The molecule has 2 bridgehead atoms. The molecular formula is C11H18N4. The topological polar surface area (TPSA) is 48.8 Å². The van der Waals surface area contributed by atoms with Crippen molar-refractivity contribution in [2.45, 2.75) is 31.3 Å². The average molecular weight is 206 g/mol. The van der Waals surface area contributed by atoms with Crippen molar-refractivity contribution in [3.63, 3.8) is 0 Å². The number of fused-ring (bicyclic) bond motifs is 2. The number of piperidine rings is 1. The van der Waals surface area contributed by atoms with E-state index in [9.17, 15) is 0 Å². The highest BCUT2D eigenvalue weighted by atomic mass is 15.0. The number of hydrogen-bond acceptors (Lipinski definition) is 4. The molecule has 0 aliphatic carbocycles. The van der Waals surface area contributed by atoms with E-state index >= 15 is 0 Å². The zero-order valence-corrected chi connectivity index (χ0v) is 8.89. The Morgan fingerprint density at radius 2 is 2.07 bits per heavy atom. The van der Waals surface area contributed by atoms with Crippen LogP contribution in [0.2, 0.25) is 0 Å². The molecule has 1 fully saturated rings. The molecule has 0 aromatic carbocycles. The fourth-order valence-corrected chi connectivity index (χ4v) is 2.00. The van der Waals surface area contributed by atoms with Crippen LogP contribution in [0.25, 0.3) is 0 Å². The van der Waals surface area contributed by atoms with E-state index in [-0.39, 0.29) is 0 Å². The Morgan fingerprint density at radius 3 is 3.07 bits per heavy atom. The second kappa shape index (κ2) is 5.78. The summed E-state index contributed by atoms with van der Waals surface area (Å²) in [7, 11) is 0. The Morgan fingerprint density at radius 1 is 1.13 bits per heavy atom. The highest BCUT2D eigenvalue weighted by Gasteiger charge is 2.18. The van der Waals surface area contributed by atoms with Crippen LogP contribution >= 0.6 is 0 Å².